The zero-order chi connectivity index (χ0) is 19.4. The average molecular weight is 372 g/mol. The molecule has 0 unspecified atom stereocenters. The predicted molar refractivity (Wildman–Crippen MR) is 99.8 cm³/mol. The van der Waals surface area contributed by atoms with Crippen molar-refractivity contribution in [1.82, 2.24) is 9.78 Å². The summed E-state index contributed by atoms with van der Waals surface area (Å²) in [6.07, 6.45) is 2.40. The summed E-state index contributed by atoms with van der Waals surface area (Å²) in [6.45, 7) is 4.28. The van der Waals surface area contributed by atoms with Crippen LogP contribution >= 0.6 is 0 Å². The first-order valence-corrected chi connectivity index (χ1v) is 9.02. The number of nitrogens with two attached hydrogens (primary N) is 1. The molecule has 2 heterocycles. The molecule has 2 aromatic rings. The van der Waals surface area contributed by atoms with Crippen LogP contribution in [0.3, 0.4) is 0 Å². The highest BCUT2D eigenvalue weighted by molar-refractivity contribution is 5.94. The van der Waals surface area contributed by atoms with Gasteiger partial charge in [0, 0.05) is 12.2 Å². The zero-order valence-electron chi connectivity index (χ0n) is 15.5. The van der Waals surface area contributed by atoms with Crippen molar-refractivity contribution in [2.75, 3.05) is 18.5 Å². The third kappa shape index (κ3) is 4.17. The van der Waals surface area contributed by atoms with Crippen LogP contribution in [0.1, 0.15) is 35.8 Å². The number of esters is 1. The lowest BCUT2D eigenvalue weighted by Crippen LogP contribution is -2.29. The quantitative estimate of drug-likeness (QED) is 0.749. The molecule has 144 valence electrons. The van der Waals surface area contributed by atoms with Gasteiger partial charge in [0.15, 0.2) is 0 Å². The molecule has 3 rings (SSSR count). The molecule has 0 saturated carbocycles. The molecule has 0 bridgehead atoms. The molecule has 1 fully saturated rings. The Kier molecular flexibility index (Phi) is 5.88. The summed E-state index contributed by atoms with van der Waals surface area (Å²) in [5, 5.41) is 7.14. The van der Waals surface area contributed by atoms with Crippen molar-refractivity contribution in [3.63, 3.8) is 0 Å². The van der Waals surface area contributed by atoms with E-state index in [0.29, 0.717) is 36.5 Å². The Labute approximate surface area is 157 Å². The molecule has 0 aliphatic carbocycles. The van der Waals surface area contributed by atoms with Crippen molar-refractivity contribution in [1.29, 1.82) is 0 Å². The summed E-state index contributed by atoms with van der Waals surface area (Å²) in [4.78, 5) is 24.4. The number of nitrogens with zero attached hydrogens (tertiary/aromatic N) is 2. The van der Waals surface area contributed by atoms with Gasteiger partial charge in [0.2, 0.25) is 0 Å². The fraction of sp³-hybridized carbons (Fsp3) is 0.421. The minimum atomic E-state index is -0.482. The van der Waals surface area contributed by atoms with Crippen molar-refractivity contribution in [2.24, 2.45) is 5.73 Å². The maximum Gasteiger partial charge on any atom is 0.341 e. The van der Waals surface area contributed by atoms with Gasteiger partial charge < -0.3 is 20.5 Å². The fourth-order valence-electron chi connectivity index (χ4n) is 3.09. The number of rotatable bonds is 6. The molecular formula is C19H24N4O4. The summed E-state index contributed by atoms with van der Waals surface area (Å²) in [7, 11) is 0. The van der Waals surface area contributed by atoms with Gasteiger partial charge in [-0.25, -0.2) is 9.48 Å². The molecule has 27 heavy (non-hydrogen) atoms. The summed E-state index contributed by atoms with van der Waals surface area (Å²) < 4.78 is 12.3. The highest BCUT2D eigenvalue weighted by atomic mass is 16.5. The minimum Gasteiger partial charge on any atom is -0.462 e. The van der Waals surface area contributed by atoms with Crippen LogP contribution in [-0.4, -0.2) is 47.0 Å². The van der Waals surface area contributed by atoms with Crippen LogP contribution in [0.15, 0.2) is 30.5 Å². The molecule has 1 aromatic carbocycles. The largest absolute Gasteiger partial charge is 0.462 e. The topological polar surface area (TPSA) is 108 Å². The number of benzene rings is 1. The maximum absolute atomic E-state index is 12.4. The first-order valence-electron chi connectivity index (χ1n) is 9.02. The highest BCUT2D eigenvalue weighted by Crippen LogP contribution is 2.22. The number of hydrogen-bond donors (Lipinski definition) is 2. The summed E-state index contributed by atoms with van der Waals surface area (Å²) in [6, 6.07) is 7.25. The minimum absolute atomic E-state index is 0.0555. The Morgan fingerprint density at radius 2 is 2.22 bits per heavy atom. The van der Waals surface area contributed by atoms with Gasteiger partial charge in [0.1, 0.15) is 11.7 Å². The van der Waals surface area contributed by atoms with Crippen LogP contribution in [0, 0.1) is 6.92 Å². The molecule has 3 N–H and O–H groups in total. The van der Waals surface area contributed by atoms with E-state index in [1.54, 1.807) is 30.7 Å². The molecule has 1 amide bonds. The Balaban J connectivity index is 1.74. The van der Waals surface area contributed by atoms with Crippen LogP contribution in [0.25, 0.3) is 5.69 Å². The first kappa shape index (κ1) is 19.1. The van der Waals surface area contributed by atoms with Gasteiger partial charge in [-0.05, 0) is 44.9 Å². The second kappa shape index (κ2) is 8.32. The lowest BCUT2D eigenvalue weighted by molar-refractivity contribution is -0.126. The van der Waals surface area contributed by atoms with E-state index in [4.69, 9.17) is 15.2 Å². The SMILES string of the molecule is CCOC(=O)c1cnn(-c2cccc(NC(=O)[C@@H]3CC[C@H](CN)O3)c2)c1C. The van der Waals surface area contributed by atoms with Crippen molar-refractivity contribution >= 4 is 17.6 Å². The maximum atomic E-state index is 12.4. The molecule has 1 saturated heterocycles. The van der Waals surface area contributed by atoms with Crippen LogP contribution in [0.5, 0.6) is 0 Å². The predicted octanol–water partition coefficient (Wildman–Crippen LogP) is 1.80. The van der Waals surface area contributed by atoms with Crippen LogP contribution in [-0.2, 0) is 14.3 Å². The monoisotopic (exact) mass is 372 g/mol. The smallest absolute Gasteiger partial charge is 0.341 e. The lowest BCUT2D eigenvalue weighted by Gasteiger charge is -2.13. The molecule has 0 radical (unpaired) electrons. The molecular weight excluding hydrogens is 348 g/mol. The number of ether oxygens (including phenoxy) is 2. The zero-order valence-corrected chi connectivity index (χ0v) is 15.5. The van der Waals surface area contributed by atoms with Crippen LogP contribution in [0.4, 0.5) is 5.69 Å². The number of anilines is 1. The van der Waals surface area contributed by atoms with Gasteiger partial charge in [-0.3, -0.25) is 4.79 Å². The molecule has 1 aliphatic rings. The van der Waals surface area contributed by atoms with E-state index in [9.17, 15) is 9.59 Å². The number of amides is 1. The molecule has 0 spiro atoms. The van der Waals surface area contributed by atoms with E-state index in [-0.39, 0.29) is 12.0 Å². The average Bonchev–Trinajstić information content (AvgIpc) is 3.29. The van der Waals surface area contributed by atoms with Crippen LogP contribution in [0.2, 0.25) is 0 Å². The number of hydrogen-bond acceptors (Lipinski definition) is 6. The standard InChI is InChI=1S/C19H24N4O4/c1-3-26-19(25)16-11-21-23(12(16)2)14-6-4-5-13(9-14)22-18(24)17-8-7-15(10-20)27-17/h4-6,9,11,15,17H,3,7-8,10,20H2,1-2H3,(H,22,24)/t15-,17+/m1/s1. The second-order valence-corrected chi connectivity index (χ2v) is 6.38. The molecule has 8 nitrogen and oxygen atoms in total. The van der Waals surface area contributed by atoms with Gasteiger partial charge in [-0.1, -0.05) is 6.07 Å². The van der Waals surface area contributed by atoms with Gasteiger partial charge >= 0.3 is 5.97 Å². The normalized spacial score (nSPS) is 19.1. The molecule has 1 aliphatic heterocycles. The van der Waals surface area contributed by atoms with Crippen LogP contribution < -0.4 is 11.1 Å². The fourth-order valence-corrected chi connectivity index (χ4v) is 3.09. The van der Waals surface area contributed by atoms with Crippen molar-refractivity contribution in [3.8, 4) is 5.69 Å². The van der Waals surface area contributed by atoms with Crippen molar-refractivity contribution in [3.05, 3.63) is 41.7 Å². The van der Waals surface area contributed by atoms with Crippen molar-refractivity contribution < 1.29 is 19.1 Å². The van der Waals surface area contributed by atoms with E-state index >= 15 is 0 Å². The third-order valence-electron chi connectivity index (χ3n) is 4.53. The summed E-state index contributed by atoms with van der Waals surface area (Å²) >= 11 is 0. The van der Waals surface area contributed by atoms with E-state index < -0.39 is 12.1 Å². The Hall–Kier alpha value is -2.71. The van der Waals surface area contributed by atoms with E-state index in [2.05, 4.69) is 10.4 Å². The number of aromatic nitrogens is 2. The molecule has 8 heteroatoms. The van der Waals surface area contributed by atoms with Crippen molar-refractivity contribution in [2.45, 2.75) is 38.9 Å². The Morgan fingerprint density at radius 3 is 2.93 bits per heavy atom. The number of carbonyl (C=O) groups excluding carboxylic acids is 2. The lowest BCUT2D eigenvalue weighted by atomic mass is 10.2. The Morgan fingerprint density at radius 1 is 1.41 bits per heavy atom. The summed E-state index contributed by atoms with van der Waals surface area (Å²) in [5.74, 6) is -0.592. The van der Waals surface area contributed by atoms with E-state index in [0.717, 1.165) is 12.1 Å². The molecule has 1 aromatic heterocycles. The van der Waals surface area contributed by atoms with Gasteiger partial charge in [-0.15, -0.1) is 0 Å². The first-order chi connectivity index (χ1) is 13.0. The second-order valence-electron chi connectivity index (χ2n) is 6.38. The van der Waals surface area contributed by atoms with E-state index in [1.807, 2.05) is 12.1 Å². The van der Waals surface area contributed by atoms with Gasteiger partial charge in [0.25, 0.3) is 5.91 Å². The number of nitrogens with one attached hydrogen (secondary N) is 1. The Bertz CT molecular complexity index is 833. The molecule has 2 atom stereocenters. The van der Waals surface area contributed by atoms with Gasteiger partial charge in [0.05, 0.1) is 30.3 Å². The number of carbonyl (C=O) groups is 2. The highest BCUT2D eigenvalue weighted by Gasteiger charge is 2.29. The van der Waals surface area contributed by atoms with Gasteiger partial charge in [-0.2, -0.15) is 5.10 Å². The van der Waals surface area contributed by atoms with E-state index in [1.165, 1.54) is 6.20 Å². The summed E-state index contributed by atoms with van der Waals surface area (Å²) in [5.41, 5.74) is 8.03. The third-order valence-corrected chi connectivity index (χ3v) is 4.53.